The molecule has 1 spiro atoms. The van der Waals surface area contributed by atoms with E-state index in [1.807, 2.05) is 11.9 Å². The van der Waals surface area contributed by atoms with E-state index in [0.29, 0.717) is 5.91 Å². The number of carbonyl (C=O) groups is 1. The second kappa shape index (κ2) is 2.74. The first kappa shape index (κ1) is 8.75. The molecule has 1 unspecified atom stereocenters. The Morgan fingerprint density at radius 2 is 2.00 bits per heavy atom. The summed E-state index contributed by atoms with van der Waals surface area (Å²) in [6.45, 7) is 1.00. The van der Waals surface area contributed by atoms with Crippen LogP contribution in [0.3, 0.4) is 0 Å². The summed E-state index contributed by atoms with van der Waals surface area (Å²) in [7, 11) is 1.97. The zero-order valence-corrected chi connectivity index (χ0v) is 8.96. The van der Waals surface area contributed by atoms with Crippen molar-refractivity contribution in [2.45, 2.75) is 38.5 Å². The monoisotopic (exact) mass is 193 g/mol. The van der Waals surface area contributed by atoms with Crippen LogP contribution in [0.15, 0.2) is 0 Å². The van der Waals surface area contributed by atoms with Crippen molar-refractivity contribution in [1.29, 1.82) is 0 Å². The minimum atomic E-state index is 0.107. The van der Waals surface area contributed by atoms with E-state index in [1.165, 1.54) is 32.1 Å². The fourth-order valence-electron chi connectivity index (χ4n) is 4.12. The van der Waals surface area contributed by atoms with Gasteiger partial charge in [-0.05, 0) is 37.5 Å². The van der Waals surface area contributed by atoms with Gasteiger partial charge in [0.15, 0.2) is 0 Å². The molecule has 1 saturated heterocycles. The molecule has 0 aromatic rings. The van der Waals surface area contributed by atoms with Crippen molar-refractivity contribution in [2.24, 2.45) is 17.3 Å². The van der Waals surface area contributed by atoms with Crippen LogP contribution in [-0.4, -0.2) is 24.4 Å². The van der Waals surface area contributed by atoms with Crippen LogP contribution in [0.2, 0.25) is 0 Å². The molecule has 2 nitrogen and oxygen atoms in total. The van der Waals surface area contributed by atoms with Crippen LogP contribution < -0.4 is 0 Å². The van der Waals surface area contributed by atoms with Crippen molar-refractivity contribution < 1.29 is 4.79 Å². The Bertz CT molecular complexity index is 267. The third-order valence-corrected chi connectivity index (χ3v) is 4.95. The molecule has 4 aliphatic rings. The topological polar surface area (TPSA) is 20.3 Å². The molecule has 3 aliphatic carbocycles. The SMILES string of the molecule is CN1CCC2(CC3CCC2CC3)C1=O. The molecule has 3 saturated carbocycles. The quantitative estimate of drug-likeness (QED) is 0.576. The van der Waals surface area contributed by atoms with Crippen LogP contribution in [0, 0.1) is 17.3 Å². The highest BCUT2D eigenvalue weighted by molar-refractivity contribution is 5.85. The highest BCUT2D eigenvalue weighted by atomic mass is 16.2. The molecule has 4 rings (SSSR count). The van der Waals surface area contributed by atoms with Gasteiger partial charge in [-0.2, -0.15) is 0 Å². The van der Waals surface area contributed by atoms with E-state index in [1.54, 1.807) is 0 Å². The summed E-state index contributed by atoms with van der Waals surface area (Å²) in [5.41, 5.74) is 0.107. The van der Waals surface area contributed by atoms with E-state index >= 15 is 0 Å². The van der Waals surface area contributed by atoms with Crippen molar-refractivity contribution in [2.75, 3.05) is 13.6 Å². The average Bonchev–Trinajstić information content (AvgIpc) is 2.50. The van der Waals surface area contributed by atoms with Gasteiger partial charge in [0.05, 0.1) is 5.41 Å². The van der Waals surface area contributed by atoms with E-state index in [4.69, 9.17) is 0 Å². The van der Waals surface area contributed by atoms with Crippen molar-refractivity contribution in [3.63, 3.8) is 0 Å². The lowest BCUT2D eigenvalue weighted by Crippen LogP contribution is -2.46. The number of likely N-dealkylation sites (tertiary alicyclic amines) is 1. The summed E-state index contributed by atoms with van der Waals surface area (Å²) in [5.74, 6) is 2.06. The van der Waals surface area contributed by atoms with E-state index in [9.17, 15) is 4.79 Å². The minimum Gasteiger partial charge on any atom is -0.345 e. The number of hydrogen-bond acceptors (Lipinski definition) is 1. The Labute approximate surface area is 85.7 Å². The Morgan fingerprint density at radius 1 is 1.29 bits per heavy atom. The zero-order chi connectivity index (χ0) is 9.76. The maximum Gasteiger partial charge on any atom is 0.228 e. The van der Waals surface area contributed by atoms with Gasteiger partial charge in [-0.3, -0.25) is 4.79 Å². The van der Waals surface area contributed by atoms with E-state index in [2.05, 4.69) is 0 Å². The summed E-state index contributed by atoms with van der Waals surface area (Å²) < 4.78 is 0. The summed E-state index contributed by atoms with van der Waals surface area (Å²) in [5, 5.41) is 0. The van der Waals surface area contributed by atoms with E-state index in [-0.39, 0.29) is 5.41 Å². The molecular formula is C12H19NO. The number of rotatable bonds is 0. The average molecular weight is 193 g/mol. The van der Waals surface area contributed by atoms with Crippen LogP contribution in [0.4, 0.5) is 0 Å². The van der Waals surface area contributed by atoms with E-state index < -0.39 is 0 Å². The molecular weight excluding hydrogens is 174 g/mol. The summed E-state index contributed by atoms with van der Waals surface area (Å²) in [6, 6.07) is 0. The second-order valence-electron chi connectivity index (χ2n) is 5.55. The number of fused-ring (bicyclic) bond motifs is 2. The molecule has 1 amide bonds. The first-order chi connectivity index (χ1) is 6.72. The minimum absolute atomic E-state index is 0.107. The summed E-state index contributed by atoms with van der Waals surface area (Å²) in [4.78, 5) is 14.2. The Kier molecular flexibility index (Phi) is 1.71. The van der Waals surface area contributed by atoms with Gasteiger partial charge in [0.25, 0.3) is 0 Å². The van der Waals surface area contributed by atoms with Crippen molar-refractivity contribution in [1.82, 2.24) is 4.90 Å². The molecule has 0 radical (unpaired) electrons. The van der Waals surface area contributed by atoms with Gasteiger partial charge in [0.2, 0.25) is 5.91 Å². The number of nitrogens with zero attached hydrogens (tertiary/aromatic N) is 1. The van der Waals surface area contributed by atoms with Gasteiger partial charge in [-0.15, -0.1) is 0 Å². The number of amides is 1. The smallest absolute Gasteiger partial charge is 0.228 e. The van der Waals surface area contributed by atoms with Crippen molar-refractivity contribution >= 4 is 5.91 Å². The molecule has 0 aromatic carbocycles. The van der Waals surface area contributed by atoms with E-state index in [0.717, 1.165) is 24.8 Å². The van der Waals surface area contributed by atoms with Crippen LogP contribution in [0.1, 0.15) is 38.5 Å². The molecule has 1 heterocycles. The molecule has 1 atom stereocenters. The highest BCUT2D eigenvalue weighted by Gasteiger charge is 2.55. The Morgan fingerprint density at radius 3 is 2.43 bits per heavy atom. The molecule has 2 bridgehead atoms. The molecule has 0 N–H and O–H groups in total. The molecule has 14 heavy (non-hydrogen) atoms. The van der Waals surface area contributed by atoms with Crippen LogP contribution in [0.5, 0.6) is 0 Å². The maximum atomic E-state index is 12.2. The highest BCUT2D eigenvalue weighted by Crippen LogP contribution is 2.56. The van der Waals surface area contributed by atoms with Gasteiger partial charge < -0.3 is 4.90 Å². The second-order valence-corrected chi connectivity index (χ2v) is 5.55. The van der Waals surface area contributed by atoms with Gasteiger partial charge in [-0.1, -0.05) is 12.8 Å². The first-order valence-corrected chi connectivity index (χ1v) is 5.98. The summed E-state index contributed by atoms with van der Waals surface area (Å²) in [6.07, 6.45) is 7.78. The lowest BCUT2D eigenvalue weighted by molar-refractivity contribution is -0.143. The molecule has 0 aromatic heterocycles. The van der Waals surface area contributed by atoms with Crippen molar-refractivity contribution in [3.8, 4) is 0 Å². The number of carbonyl (C=O) groups excluding carboxylic acids is 1. The fraction of sp³-hybridized carbons (Fsp3) is 0.917. The third kappa shape index (κ3) is 0.945. The fourth-order valence-corrected chi connectivity index (χ4v) is 4.12. The van der Waals surface area contributed by atoms with Gasteiger partial charge in [0.1, 0.15) is 0 Å². The number of hydrogen-bond donors (Lipinski definition) is 0. The largest absolute Gasteiger partial charge is 0.345 e. The predicted molar refractivity (Wildman–Crippen MR) is 54.8 cm³/mol. The first-order valence-electron chi connectivity index (χ1n) is 5.98. The third-order valence-electron chi connectivity index (χ3n) is 4.95. The Hall–Kier alpha value is -0.530. The van der Waals surface area contributed by atoms with Crippen LogP contribution in [0.25, 0.3) is 0 Å². The van der Waals surface area contributed by atoms with Gasteiger partial charge in [0, 0.05) is 13.6 Å². The normalized spacial score (nSPS) is 46.6. The van der Waals surface area contributed by atoms with Crippen molar-refractivity contribution in [3.05, 3.63) is 0 Å². The van der Waals surface area contributed by atoms with Crippen LogP contribution >= 0.6 is 0 Å². The lowest BCUT2D eigenvalue weighted by atomic mass is 9.55. The molecule has 78 valence electrons. The maximum absolute atomic E-state index is 12.2. The molecule has 1 aliphatic heterocycles. The lowest BCUT2D eigenvalue weighted by Gasteiger charge is -2.48. The standard InChI is InChI=1S/C12H19NO/c1-13-7-6-12(11(13)14)8-9-2-4-10(12)5-3-9/h9-10H,2-8H2,1H3. The molecule has 4 fully saturated rings. The zero-order valence-electron chi connectivity index (χ0n) is 8.96. The molecule has 2 heteroatoms. The van der Waals surface area contributed by atoms with Gasteiger partial charge >= 0.3 is 0 Å². The van der Waals surface area contributed by atoms with Gasteiger partial charge in [-0.25, -0.2) is 0 Å². The Balaban J connectivity index is 1.93. The predicted octanol–water partition coefficient (Wildman–Crippen LogP) is 2.04. The summed E-state index contributed by atoms with van der Waals surface area (Å²) >= 11 is 0. The van der Waals surface area contributed by atoms with Crippen LogP contribution in [-0.2, 0) is 4.79 Å².